The average Bonchev–Trinajstić information content (AvgIpc) is 2.27. The summed E-state index contributed by atoms with van der Waals surface area (Å²) < 4.78 is 0. The first-order valence-corrected chi connectivity index (χ1v) is 7.18. The van der Waals surface area contributed by atoms with Gasteiger partial charge in [0.15, 0.2) is 0 Å². The number of anilines is 1. The largest absolute Gasteiger partial charge is 0.356 e. The van der Waals surface area contributed by atoms with Crippen LogP contribution in [0.4, 0.5) is 5.82 Å². The second-order valence-electron chi connectivity index (χ2n) is 5.66. The Kier molecular flexibility index (Phi) is 4.44. The molecule has 1 saturated heterocycles. The Labute approximate surface area is 115 Å². The van der Waals surface area contributed by atoms with E-state index >= 15 is 0 Å². The standard InChI is InChI=1S/C14H22ClN3/c1-10(2)8-12-4-6-18(7-5-12)14-9-13(15)16-11(3)17-14/h9-10,12H,4-8H2,1-3H3. The van der Waals surface area contributed by atoms with Crippen LogP contribution in [0.5, 0.6) is 0 Å². The fraction of sp³-hybridized carbons (Fsp3) is 0.714. The summed E-state index contributed by atoms with van der Waals surface area (Å²) >= 11 is 5.99. The van der Waals surface area contributed by atoms with Gasteiger partial charge in [-0.2, -0.15) is 0 Å². The molecule has 1 aliphatic heterocycles. The molecule has 1 aromatic heterocycles. The van der Waals surface area contributed by atoms with E-state index in [0.717, 1.165) is 36.6 Å². The van der Waals surface area contributed by atoms with Gasteiger partial charge >= 0.3 is 0 Å². The van der Waals surface area contributed by atoms with E-state index in [1.54, 1.807) is 0 Å². The van der Waals surface area contributed by atoms with Crippen molar-refractivity contribution in [3.8, 4) is 0 Å². The zero-order valence-electron chi connectivity index (χ0n) is 11.5. The highest BCUT2D eigenvalue weighted by molar-refractivity contribution is 6.29. The lowest BCUT2D eigenvalue weighted by Gasteiger charge is -2.33. The van der Waals surface area contributed by atoms with E-state index in [1.165, 1.54) is 19.3 Å². The summed E-state index contributed by atoms with van der Waals surface area (Å²) in [5, 5.41) is 0.543. The van der Waals surface area contributed by atoms with Crippen LogP contribution in [0.3, 0.4) is 0 Å². The van der Waals surface area contributed by atoms with Gasteiger partial charge in [0.1, 0.15) is 16.8 Å². The normalized spacial score (nSPS) is 17.5. The van der Waals surface area contributed by atoms with Gasteiger partial charge in [-0.25, -0.2) is 9.97 Å². The lowest BCUT2D eigenvalue weighted by Crippen LogP contribution is -2.34. The molecule has 3 nitrogen and oxygen atoms in total. The smallest absolute Gasteiger partial charge is 0.134 e. The lowest BCUT2D eigenvalue weighted by atomic mass is 9.89. The second-order valence-corrected chi connectivity index (χ2v) is 6.04. The molecule has 1 fully saturated rings. The zero-order chi connectivity index (χ0) is 13.1. The first-order chi connectivity index (χ1) is 8.54. The average molecular weight is 268 g/mol. The molecule has 0 unspecified atom stereocenters. The minimum Gasteiger partial charge on any atom is -0.356 e. The van der Waals surface area contributed by atoms with Crippen LogP contribution in [0.15, 0.2) is 6.07 Å². The number of hydrogen-bond donors (Lipinski definition) is 0. The summed E-state index contributed by atoms with van der Waals surface area (Å²) in [7, 11) is 0. The van der Waals surface area contributed by atoms with E-state index in [0.29, 0.717) is 5.15 Å². The molecule has 4 heteroatoms. The lowest BCUT2D eigenvalue weighted by molar-refractivity contribution is 0.337. The van der Waals surface area contributed by atoms with Gasteiger partial charge < -0.3 is 4.90 Å². The number of hydrogen-bond acceptors (Lipinski definition) is 3. The third-order valence-electron chi connectivity index (χ3n) is 3.54. The van der Waals surface area contributed by atoms with Crippen molar-refractivity contribution in [1.82, 2.24) is 9.97 Å². The first-order valence-electron chi connectivity index (χ1n) is 6.80. The van der Waals surface area contributed by atoms with E-state index < -0.39 is 0 Å². The molecule has 1 aromatic rings. The van der Waals surface area contributed by atoms with Crippen LogP contribution in [0.1, 0.15) is 38.9 Å². The molecule has 100 valence electrons. The molecule has 0 atom stereocenters. The van der Waals surface area contributed by atoms with Crippen LogP contribution in [0, 0.1) is 18.8 Å². The van der Waals surface area contributed by atoms with E-state index in [2.05, 4.69) is 28.7 Å². The zero-order valence-corrected chi connectivity index (χ0v) is 12.2. The van der Waals surface area contributed by atoms with Crippen LogP contribution in [-0.4, -0.2) is 23.1 Å². The third-order valence-corrected chi connectivity index (χ3v) is 3.73. The minimum absolute atomic E-state index is 0.543. The fourth-order valence-electron chi connectivity index (χ4n) is 2.74. The van der Waals surface area contributed by atoms with Gasteiger partial charge in [0.05, 0.1) is 0 Å². The summed E-state index contributed by atoms with van der Waals surface area (Å²) in [5.41, 5.74) is 0. The van der Waals surface area contributed by atoms with Crippen LogP contribution in [-0.2, 0) is 0 Å². The third kappa shape index (κ3) is 3.58. The van der Waals surface area contributed by atoms with Crippen molar-refractivity contribution in [1.29, 1.82) is 0 Å². The number of aryl methyl sites for hydroxylation is 1. The molecular formula is C14H22ClN3. The predicted octanol–water partition coefficient (Wildman–Crippen LogP) is 3.70. The highest BCUT2D eigenvalue weighted by Gasteiger charge is 2.21. The fourth-order valence-corrected chi connectivity index (χ4v) is 2.96. The van der Waals surface area contributed by atoms with Gasteiger partial charge in [-0.15, -0.1) is 0 Å². The van der Waals surface area contributed by atoms with Crippen molar-refractivity contribution in [2.24, 2.45) is 11.8 Å². The van der Waals surface area contributed by atoms with Crippen molar-refractivity contribution >= 4 is 17.4 Å². The summed E-state index contributed by atoms with van der Waals surface area (Å²) in [6.45, 7) is 8.68. The summed E-state index contributed by atoms with van der Waals surface area (Å²) in [6, 6.07) is 1.87. The summed E-state index contributed by atoms with van der Waals surface area (Å²) in [6.07, 6.45) is 3.87. The highest BCUT2D eigenvalue weighted by Crippen LogP contribution is 2.27. The highest BCUT2D eigenvalue weighted by atomic mass is 35.5. The monoisotopic (exact) mass is 267 g/mol. The van der Waals surface area contributed by atoms with E-state index in [4.69, 9.17) is 11.6 Å². The molecule has 0 spiro atoms. The van der Waals surface area contributed by atoms with Gasteiger partial charge in [-0.3, -0.25) is 0 Å². The van der Waals surface area contributed by atoms with Gasteiger partial charge in [0.2, 0.25) is 0 Å². The first kappa shape index (κ1) is 13.6. The van der Waals surface area contributed by atoms with E-state index in [-0.39, 0.29) is 0 Å². The molecule has 0 bridgehead atoms. The maximum atomic E-state index is 5.99. The van der Waals surface area contributed by atoms with Crippen molar-refractivity contribution < 1.29 is 0 Å². The molecule has 18 heavy (non-hydrogen) atoms. The molecule has 0 aromatic carbocycles. The Bertz CT molecular complexity index is 378. The second kappa shape index (κ2) is 5.87. The van der Waals surface area contributed by atoms with Gasteiger partial charge in [-0.05, 0) is 38.0 Å². The molecule has 0 N–H and O–H groups in total. The molecule has 0 aliphatic carbocycles. The SMILES string of the molecule is Cc1nc(Cl)cc(N2CCC(CC(C)C)CC2)n1. The van der Waals surface area contributed by atoms with Crippen LogP contribution in [0.2, 0.25) is 5.15 Å². The molecule has 2 rings (SSSR count). The minimum atomic E-state index is 0.543. The van der Waals surface area contributed by atoms with Gasteiger partial charge in [0.25, 0.3) is 0 Å². The Hall–Kier alpha value is -0.830. The predicted molar refractivity (Wildman–Crippen MR) is 76.2 cm³/mol. The number of piperidine rings is 1. The van der Waals surface area contributed by atoms with E-state index in [9.17, 15) is 0 Å². The maximum absolute atomic E-state index is 5.99. The van der Waals surface area contributed by atoms with Crippen molar-refractivity contribution in [2.45, 2.75) is 40.0 Å². The maximum Gasteiger partial charge on any atom is 0.134 e. The number of rotatable bonds is 3. The van der Waals surface area contributed by atoms with Crippen LogP contribution >= 0.6 is 11.6 Å². The number of aromatic nitrogens is 2. The summed E-state index contributed by atoms with van der Waals surface area (Å²) in [4.78, 5) is 10.9. The Balaban J connectivity index is 1.96. The van der Waals surface area contributed by atoms with E-state index in [1.807, 2.05) is 13.0 Å². The van der Waals surface area contributed by atoms with Crippen molar-refractivity contribution in [2.75, 3.05) is 18.0 Å². The Morgan fingerprint density at radius 1 is 1.33 bits per heavy atom. The van der Waals surface area contributed by atoms with Crippen molar-refractivity contribution in [3.63, 3.8) is 0 Å². The molecule has 0 amide bonds. The summed E-state index contributed by atoms with van der Waals surface area (Å²) in [5.74, 6) is 3.41. The molecule has 2 heterocycles. The van der Waals surface area contributed by atoms with Gasteiger partial charge in [-0.1, -0.05) is 25.4 Å². The van der Waals surface area contributed by atoms with Crippen LogP contribution in [0.25, 0.3) is 0 Å². The molecule has 0 saturated carbocycles. The number of nitrogens with zero attached hydrogens (tertiary/aromatic N) is 3. The molecular weight excluding hydrogens is 246 g/mol. The number of halogens is 1. The topological polar surface area (TPSA) is 29.0 Å². The Morgan fingerprint density at radius 2 is 2.00 bits per heavy atom. The quantitative estimate of drug-likeness (QED) is 0.782. The van der Waals surface area contributed by atoms with Crippen LogP contribution < -0.4 is 4.90 Å². The van der Waals surface area contributed by atoms with Gasteiger partial charge in [0, 0.05) is 19.2 Å². The molecule has 0 radical (unpaired) electrons. The Morgan fingerprint density at radius 3 is 2.56 bits per heavy atom. The van der Waals surface area contributed by atoms with Crippen molar-refractivity contribution in [3.05, 3.63) is 17.0 Å². The molecule has 1 aliphatic rings.